The summed E-state index contributed by atoms with van der Waals surface area (Å²) in [7, 11) is 4.42. The van der Waals surface area contributed by atoms with Crippen LogP contribution in [-0.2, 0) is 6.42 Å². The van der Waals surface area contributed by atoms with E-state index in [1.54, 1.807) is 6.20 Å². The van der Waals surface area contributed by atoms with Gasteiger partial charge in [-0.3, -0.25) is 9.88 Å². The molecule has 3 heterocycles. The summed E-state index contributed by atoms with van der Waals surface area (Å²) in [6.07, 6.45) is 5.87. The summed E-state index contributed by atoms with van der Waals surface area (Å²) in [5, 5.41) is 3.19. The standard InChI is InChI=1S/C20H33N5O/c1-17(15-18-7-4-5-10-21-18)22-19(26)25-12-6-11-24(3)20(16-25)8-13-23(2)14-9-20/h4-5,7,10,17H,6,8-9,11-16H2,1-3H3,(H,22,26). The average Bonchev–Trinajstić information content (AvgIpc) is 2.78. The number of aromatic nitrogens is 1. The molecule has 0 radical (unpaired) electrons. The van der Waals surface area contributed by atoms with Crippen LogP contribution in [-0.4, -0.2) is 84.1 Å². The molecule has 0 aromatic carbocycles. The van der Waals surface area contributed by atoms with Crippen LogP contribution in [0.15, 0.2) is 24.4 Å². The zero-order valence-electron chi connectivity index (χ0n) is 16.4. The Hall–Kier alpha value is -1.66. The van der Waals surface area contributed by atoms with Gasteiger partial charge in [-0.05, 0) is 65.5 Å². The van der Waals surface area contributed by atoms with E-state index in [2.05, 4.69) is 41.1 Å². The molecule has 1 aromatic heterocycles. The highest BCUT2D eigenvalue weighted by molar-refractivity contribution is 5.74. The lowest BCUT2D eigenvalue weighted by atomic mass is 9.85. The molecule has 1 atom stereocenters. The van der Waals surface area contributed by atoms with Crippen LogP contribution in [0.5, 0.6) is 0 Å². The van der Waals surface area contributed by atoms with E-state index in [0.29, 0.717) is 0 Å². The van der Waals surface area contributed by atoms with Crippen LogP contribution >= 0.6 is 0 Å². The maximum absolute atomic E-state index is 12.9. The van der Waals surface area contributed by atoms with Crippen molar-refractivity contribution in [2.75, 3.05) is 46.8 Å². The fraction of sp³-hybridized carbons (Fsp3) is 0.700. The van der Waals surface area contributed by atoms with Gasteiger partial charge in [0.05, 0.1) is 0 Å². The molecule has 26 heavy (non-hydrogen) atoms. The third-order valence-electron chi connectivity index (χ3n) is 6.03. The largest absolute Gasteiger partial charge is 0.335 e. The predicted octanol–water partition coefficient (Wildman–Crippen LogP) is 1.82. The van der Waals surface area contributed by atoms with Crippen molar-refractivity contribution in [2.45, 2.75) is 44.2 Å². The predicted molar refractivity (Wildman–Crippen MR) is 104 cm³/mol. The Morgan fingerprint density at radius 1 is 1.23 bits per heavy atom. The van der Waals surface area contributed by atoms with Crippen molar-refractivity contribution in [3.05, 3.63) is 30.1 Å². The number of hydrogen-bond donors (Lipinski definition) is 1. The number of likely N-dealkylation sites (tertiary alicyclic amines) is 1. The number of nitrogens with zero attached hydrogens (tertiary/aromatic N) is 4. The van der Waals surface area contributed by atoms with E-state index in [-0.39, 0.29) is 17.6 Å². The Balaban J connectivity index is 1.61. The number of rotatable bonds is 3. The zero-order valence-corrected chi connectivity index (χ0v) is 16.4. The SMILES string of the molecule is CC(Cc1ccccn1)NC(=O)N1CCCN(C)C2(CCN(C)CC2)C1. The highest BCUT2D eigenvalue weighted by Crippen LogP contribution is 2.30. The van der Waals surface area contributed by atoms with Gasteiger partial charge in [0, 0.05) is 49.5 Å². The molecule has 144 valence electrons. The molecule has 2 saturated heterocycles. The van der Waals surface area contributed by atoms with Crippen molar-refractivity contribution in [1.82, 2.24) is 25.0 Å². The minimum absolute atomic E-state index is 0.0713. The average molecular weight is 360 g/mol. The second-order valence-corrected chi connectivity index (χ2v) is 8.10. The third kappa shape index (κ3) is 4.54. The number of pyridine rings is 1. The maximum atomic E-state index is 12.9. The number of urea groups is 1. The van der Waals surface area contributed by atoms with E-state index in [0.717, 1.165) is 64.1 Å². The molecule has 2 amide bonds. The highest BCUT2D eigenvalue weighted by Gasteiger charge is 2.41. The minimum Gasteiger partial charge on any atom is -0.335 e. The van der Waals surface area contributed by atoms with Gasteiger partial charge in [-0.2, -0.15) is 0 Å². The molecular formula is C20H33N5O. The van der Waals surface area contributed by atoms with Crippen molar-refractivity contribution in [3.8, 4) is 0 Å². The first-order chi connectivity index (χ1) is 12.5. The van der Waals surface area contributed by atoms with Gasteiger partial charge in [0.1, 0.15) is 0 Å². The molecular weight excluding hydrogens is 326 g/mol. The number of likely N-dealkylation sites (N-methyl/N-ethyl adjacent to an activating group) is 1. The van der Waals surface area contributed by atoms with E-state index in [9.17, 15) is 4.79 Å². The molecule has 1 unspecified atom stereocenters. The summed E-state index contributed by atoms with van der Waals surface area (Å²) in [6, 6.07) is 6.07. The number of hydrogen-bond acceptors (Lipinski definition) is 4. The van der Waals surface area contributed by atoms with Crippen molar-refractivity contribution in [2.24, 2.45) is 0 Å². The topological polar surface area (TPSA) is 51.7 Å². The second-order valence-electron chi connectivity index (χ2n) is 8.10. The molecule has 1 spiro atoms. The van der Waals surface area contributed by atoms with Gasteiger partial charge >= 0.3 is 6.03 Å². The normalized spacial score (nSPS) is 22.8. The van der Waals surface area contributed by atoms with Gasteiger partial charge < -0.3 is 15.1 Å². The minimum atomic E-state index is 0.0713. The van der Waals surface area contributed by atoms with Crippen molar-refractivity contribution in [3.63, 3.8) is 0 Å². The number of carbonyl (C=O) groups is 1. The number of piperidine rings is 1. The number of carbonyl (C=O) groups excluding carboxylic acids is 1. The molecule has 6 nitrogen and oxygen atoms in total. The fourth-order valence-corrected chi connectivity index (χ4v) is 4.22. The number of nitrogens with one attached hydrogen (secondary N) is 1. The Labute approximate surface area is 157 Å². The van der Waals surface area contributed by atoms with E-state index < -0.39 is 0 Å². The Kier molecular flexibility index (Phi) is 6.14. The van der Waals surface area contributed by atoms with Crippen LogP contribution in [0, 0.1) is 0 Å². The molecule has 0 saturated carbocycles. The Bertz CT molecular complexity index is 585. The fourth-order valence-electron chi connectivity index (χ4n) is 4.22. The van der Waals surface area contributed by atoms with Crippen LogP contribution in [0.25, 0.3) is 0 Å². The molecule has 0 aliphatic carbocycles. The third-order valence-corrected chi connectivity index (χ3v) is 6.03. The summed E-state index contributed by atoms with van der Waals surface area (Å²) >= 11 is 0. The Morgan fingerprint density at radius 3 is 2.69 bits per heavy atom. The highest BCUT2D eigenvalue weighted by atomic mass is 16.2. The zero-order chi connectivity index (χ0) is 18.6. The van der Waals surface area contributed by atoms with Crippen LogP contribution < -0.4 is 5.32 Å². The lowest BCUT2D eigenvalue weighted by Crippen LogP contribution is -2.59. The molecule has 6 heteroatoms. The van der Waals surface area contributed by atoms with Gasteiger partial charge in [-0.1, -0.05) is 6.07 Å². The summed E-state index contributed by atoms with van der Waals surface area (Å²) in [6.45, 7) is 7.01. The summed E-state index contributed by atoms with van der Waals surface area (Å²) < 4.78 is 0. The maximum Gasteiger partial charge on any atom is 0.317 e. The van der Waals surface area contributed by atoms with Crippen molar-refractivity contribution >= 4 is 6.03 Å². The van der Waals surface area contributed by atoms with Gasteiger partial charge in [0.25, 0.3) is 0 Å². The van der Waals surface area contributed by atoms with Crippen LogP contribution in [0.1, 0.15) is 31.9 Å². The molecule has 2 aliphatic heterocycles. The second kappa shape index (κ2) is 8.35. The van der Waals surface area contributed by atoms with Crippen molar-refractivity contribution < 1.29 is 4.79 Å². The summed E-state index contributed by atoms with van der Waals surface area (Å²) in [4.78, 5) is 24.2. The summed E-state index contributed by atoms with van der Waals surface area (Å²) in [5.41, 5.74) is 1.15. The van der Waals surface area contributed by atoms with E-state index in [1.807, 2.05) is 23.1 Å². The van der Waals surface area contributed by atoms with Gasteiger partial charge in [0.2, 0.25) is 0 Å². The Morgan fingerprint density at radius 2 is 2.00 bits per heavy atom. The van der Waals surface area contributed by atoms with Crippen molar-refractivity contribution in [1.29, 1.82) is 0 Å². The summed E-state index contributed by atoms with van der Waals surface area (Å²) in [5.74, 6) is 0. The first kappa shape index (κ1) is 19.1. The first-order valence-electron chi connectivity index (χ1n) is 9.84. The lowest BCUT2D eigenvalue weighted by molar-refractivity contribution is 0.0410. The van der Waals surface area contributed by atoms with E-state index >= 15 is 0 Å². The van der Waals surface area contributed by atoms with Crippen LogP contribution in [0.2, 0.25) is 0 Å². The van der Waals surface area contributed by atoms with Crippen LogP contribution in [0.4, 0.5) is 4.79 Å². The molecule has 3 rings (SSSR count). The molecule has 1 N–H and O–H groups in total. The van der Waals surface area contributed by atoms with Gasteiger partial charge in [-0.15, -0.1) is 0 Å². The van der Waals surface area contributed by atoms with E-state index in [4.69, 9.17) is 0 Å². The smallest absolute Gasteiger partial charge is 0.317 e. The number of amides is 2. The van der Waals surface area contributed by atoms with Gasteiger partial charge in [0.15, 0.2) is 0 Å². The van der Waals surface area contributed by atoms with Crippen LogP contribution in [0.3, 0.4) is 0 Å². The molecule has 0 bridgehead atoms. The molecule has 2 aliphatic rings. The monoisotopic (exact) mass is 359 g/mol. The lowest BCUT2D eigenvalue weighted by Gasteiger charge is -2.47. The molecule has 1 aromatic rings. The quantitative estimate of drug-likeness (QED) is 0.895. The molecule has 2 fully saturated rings. The first-order valence-corrected chi connectivity index (χ1v) is 9.84. The van der Waals surface area contributed by atoms with Gasteiger partial charge in [-0.25, -0.2) is 4.79 Å². The van der Waals surface area contributed by atoms with E-state index in [1.165, 1.54) is 0 Å².